The fourth-order valence-corrected chi connectivity index (χ4v) is 3.31. The lowest BCUT2D eigenvalue weighted by Crippen LogP contribution is -2.44. The Morgan fingerprint density at radius 3 is 2.88 bits per heavy atom. The maximum absolute atomic E-state index is 12.2. The summed E-state index contributed by atoms with van der Waals surface area (Å²) in [6.45, 7) is 2.97. The number of thioether (sulfide) groups is 1. The van der Waals surface area contributed by atoms with E-state index in [2.05, 4.69) is 36.5 Å². The van der Waals surface area contributed by atoms with Gasteiger partial charge in [0.25, 0.3) is 5.91 Å². The minimum absolute atomic E-state index is 0.124. The number of benzene rings is 2. The third kappa shape index (κ3) is 4.45. The van der Waals surface area contributed by atoms with Crippen LogP contribution in [-0.4, -0.2) is 30.9 Å². The van der Waals surface area contributed by atoms with E-state index in [9.17, 15) is 4.79 Å². The standard InChI is InChI=1S/C19H21NO3S/c1-14-5-4-6-15(11-14)13-24-10-9-20-19(21)18-12-22-16-7-2-3-8-17(16)23-18/h2-8,11,18H,9-10,12-13H2,1H3,(H,20,21)/t18-/m1/s1. The molecule has 0 fully saturated rings. The Kier molecular flexibility index (Phi) is 5.64. The number of hydrogen-bond donors (Lipinski definition) is 1. The highest BCUT2D eigenvalue weighted by atomic mass is 32.2. The molecular weight excluding hydrogens is 322 g/mol. The van der Waals surface area contributed by atoms with Crippen molar-refractivity contribution in [3.63, 3.8) is 0 Å². The average Bonchev–Trinajstić information content (AvgIpc) is 2.61. The van der Waals surface area contributed by atoms with Crippen molar-refractivity contribution in [1.82, 2.24) is 5.32 Å². The molecule has 3 rings (SSSR count). The highest BCUT2D eigenvalue weighted by molar-refractivity contribution is 7.98. The van der Waals surface area contributed by atoms with Crippen molar-refractivity contribution in [3.05, 3.63) is 59.7 Å². The summed E-state index contributed by atoms with van der Waals surface area (Å²) in [4.78, 5) is 12.2. The van der Waals surface area contributed by atoms with Crippen molar-refractivity contribution in [2.24, 2.45) is 0 Å². The largest absolute Gasteiger partial charge is 0.485 e. The van der Waals surface area contributed by atoms with Gasteiger partial charge in [0, 0.05) is 18.1 Å². The fraction of sp³-hybridized carbons (Fsp3) is 0.316. The topological polar surface area (TPSA) is 47.6 Å². The van der Waals surface area contributed by atoms with Gasteiger partial charge in [-0.25, -0.2) is 0 Å². The van der Waals surface area contributed by atoms with Crippen molar-refractivity contribution < 1.29 is 14.3 Å². The molecule has 5 heteroatoms. The number of amides is 1. The van der Waals surface area contributed by atoms with E-state index < -0.39 is 6.10 Å². The number of ether oxygens (including phenoxy) is 2. The molecule has 0 aromatic heterocycles. The predicted molar refractivity (Wildman–Crippen MR) is 96.7 cm³/mol. The van der Waals surface area contributed by atoms with Gasteiger partial charge in [0.2, 0.25) is 6.10 Å². The first-order chi connectivity index (χ1) is 11.7. The number of rotatable bonds is 6. The summed E-state index contributed by atoms with van der Waals surface area (Å²) in [5.74, 6) is 3.01. The Balaban J connectivity index is 1.37. The molecule has 1 aliphatic rings. The van der Waals surface area contributed by atoms with E-state index in [1.54, 1.807) is 11.8 Å². The molecule has 1 atom stereocenters. The van der Waals surface area contributed by atoms with Gasteiger partial charge in [-0.15, -0.1) is 0 Å². The molecular formula is C19H21NO3S. The molecule has 1 N–H and O–H groups in total. The molecule has 0 bridgehead atoms. The van der Waals surface area contributed by atoms with E-state index in [0.29, 0.717) is 18.0 Å². The van der Waals surface area contributed by atoms with Crippen LogP contribution in [0.1, 0.15) is 11.1 Å². The van der Waals surface area contributed by atoms with Crippen LogP contribution in [-0.2, 0) is 10.5 Å². The smallest absolute Gasteiger partial charge is 0.264 e. The number of carbonyl (C=O) groups is 1. The van der Waals surface area contributed by atoms with E-state index in [-0.39, 0.29) is 12.5 Å². The van der Waals surface area contributed by atoms with E-state index in [0.717, 1.165) is 11.5 Å². The molecule has 4 nitrogen and oxygen atoms in total. The van der Waals surface area contributed by atoms with Crippen LogP contribution >= 0.6 is 11.8 Å². The summed E-state index contributed by atoms with van der Waals surface area (Å²) in [7, 11) is 0. The number of fused-ring (bicyclic) bond motifs is 1. The monoisotopic (exact) mass is 343 g/mol. The van der Waals surface area contributed by atoms with Gasteiger partial charge in [-0.1, -0.05) is 42.0 Å². The van der Waals surface area contributed by atoms with Crippen LogP contribution in [0.4, 0.5) is 0 Å². The maximum Gasteiger partial charge on any atom is 0.264 e. The van der Waals surface area contributed by atoms with Gasteiger partial charge in [0.1, 0.15) is 6.61 Å². The van der Waals surface area contributed by atoms with Crippen molar-refractivity contribution >= 4 is 17.7 Å². The van der Waals surface area contributed by atoms with Crippen LogP contribution in [0.25, 0.3) is 0 Å². The molecule has 2 aromatic rings. The second kappa shape index (κ2) is 8.11. The van der Waals surface area contributed by atoms with Crippen LogP contribution in [0, 0.1) is 6.92 Å². The first-order valence-corrected chi connectivity index (χ1v) is 9.17. The predicted octanol–water partition coefficient (Wildman–Crippen LogP) is 3.18. The van der Waals surface area contributed by atoms with Crippen molar-refractivity contribution in [3.8, 4) is 11.5 Å². The quantitative estimate of drug-likeness (QED) is 0.819. The summed E-state index contributed by atoms with van der Waals surface area (Å²) < 4.78 is 11.3. The lowest BCUT2D eigenvalue weighted by atomic mass is 10.2. The van der Waals surface area contributed by atoms with Gasteiger partial charge >= 0.3 is 0 Å². The number of para-hydroxylation sites is 2. The third-order valence-electron chi connectivity index (χ3n) is 3.70. The number of nitrogens with one attached hydrogen (secondary N) is 1. The Hall–Kier alpha value is -2.14. The van der Waals surface area contributed by atoms with Crippen LogP contribution < -0.4 is 14.8 Å². The van der Waals surface area contributed by atoms with E-state index >= 15 is 0 Å². The molecule has 2 aromatic carbocycles. The van der Waals surface area contributed by atoms with Crippen molar-refractivity contribution in [2.75, 3.05) is 18.9 Å². The molecule has 1 heterocycles. The van der Waals surface area contributed by atoms with E-state index in [1.807, 2.05) is 24.3 Å². The number of aryl methyl sites for hydroxylation is 1. The molecule has 0 radical (unpaired) electrons. The van der Waals surface area contributed by atoms with Crippen LogP contribution in [0.15, 0.2) is 48.5 Å². The van der Waals surface area contributed by atoms with Crippen LogP contribution in [0.3, 0.4) is 0 Å². The second-order valence-electron chi connectivity index (χ2n) is 5.70. The molecule has 24 heavy (non-hydrogen) atoms. The van der Waals surface area contributed by atoms with E-state index in [4.69, 9.17) is 9.47 Å². The first-order valence-electron chi connectivity index (χ1n) is 8.02. The summed E-state index contributed by atoms with van der Waals surface area (Å²) in [5.41, 5.74) is 2.59. The van der Waals surface area contributed by atoms with Gasteiger partial charge in [0.05, 0.1) is 0 Å². The highest BCUT2D eigenvalue weighted by Crippen LogP contribution is 2.30. The Morgan fingerprint density at radius 2 is 2.04 bits per heavy atom. The SMILES string of the molecule is Cc1cccc(CSCCNC(=O)[C@H]2COc3ccccc3O2)c1. The molecule has 1 amide bonds. The van der Waals surface area contributed by atoms with Crippen LogP contribution in [0.5, 0.6) is 11.5 Å². The normalized spacial score (nSPS) is 15.8. The minimum atomic E-state index is -0.582. The zero-order valence-electron chi connectivity index (χ0n) is 13.7. The maximum atomic E-state index is 12.2. The van der Waals surface area contributed by atoms with Crippen molar-refractivity contribution in [1.29, 1.82) is 0 Å². The molecule has 0 saturated carbocycles. The van der Waals surface area contributed by atoms with Gasteiger partial charge in [-0.3, -0.25) is 4.79 Å². The van der Waals surface area contributed by atoms with E-state index in [1.165, 1.54) is 11.1 Å². The van der Waals surface area contributed by atoms with Crippen molar-refractivity contribution in [2.45, 2.75) is 18.8 Å². The lowest BCUT2D eigenvalue weighted by molar-refractivity contribution is -0.130. The molecule has 0 unspecified atom stereocenters. The Morgan fingerprint density at radius 1 is 1.21 bits per heavy atom. The second-order valence-corrected chi connectivity index (χ2v) is 6.80. The Labute approximate surface area is 146 Å². The summed E-state index contributed by atoms with van der Waals surface area (Å²) >= 11 is 1.81. The zero-order chi connectivity index (χ0) is 16.8. The zero-order valence-corrected chi connectivity index (χ0v) is 14.5. The summed E-state index contributed by atoms with van der Waals surface area (Å²) in [6.07, 6.45) is -0.582. The number of carbonyl (C=O) groups excluding carboxylic acids is 1. The molecule has 126 valence electrons. The number of hydrogen-bond acceptors (Lipinski definition) is 4. The average molecular weight is 343 g/mol. The molecule has 0 aliphatic carbocycles. The Bertz CT molecular complexity index is 705. The summed E-state index contributed by atoms with van der Waals surface area (Å²) in [6, 6.07) is 15.9. The highest BCUT2D eigenvalue weighted by Gasteiger charge is 2.26. The van der Waals surface area contributed by atoms with Gasteiger partial charge in [0.15, 0.2) is 11.5 Å². The lowest BCUT2D eigenvalue weighted by Gasteiger charge is -2.25. The van der Waals surface area contributed by atoms with Crippen LogP contribution in [0.2, 0.25) is 0 Å². The first kappa shape index (κ1) is 16.7. The fourth-order valence-electron chi connectivity index (χ4n) is 2.50. The third-order valence-corrected chi connectivity index (χ3v) is 4.73. The van der Waals surface area contributed by atoms with Gasteiger partial charge in [-0.2, -0.15) is 11.8 Å². The molecule has 0 spiro atoms. The van der Waals surface area contributed by atoms with Gasteiger partial charge < -0.3 is 14.8 Å². The molecule has 0 saturated heterocycles. The summed E-state index contributed by atoms with van der Waals surface area (Å²) in [5, 5.41) is 2.92. The molecule has 1 aliphatic heterocycles. The minimum Gasteiger partial charge on any atom is -0.485 e. The van der Waals surface area contributed by atoms with Gasteiger partial charge in [-0.05, 0) is 24.6 Å².